The van der Waals surface area contributed by atoms with Gasteiger partial charge in [0.25, 0.3) is 0 Å². The van der Waals surface area contributed by atoms with Gasteiger partial charge in [-0.05, 0) is 12.1 Å². The van der Waals surface area contributed by atoms with E-state index >= 15 is 0 Å². The molecule has 0 radical (unpaired) electrons. The molecule has 4 nitrogen and oxygen atoms in total. The van der Waals surface area contributed by atoms with Gasteiger partial charge in [-0.2, -0.15) is 0 Å². The largest absolute Gasteiger partial charge is 0.316 e. The van der Waals surface area contributed by atoms with Gasteiger partial charge in [-0.25, -0.2) is 10.1 Å². The molecule has 0 aromatic heterocycles. The van der Waals surface area contributed by atoms with Gasteiger partial charge in [-0.3, -0.25) is 4.99 Å². The second kappa shape index (κ2) is 5.56. The van der Waals surface area contributed by atoms with Gasteiger partial charge in [0.2, 0.25) is 5.72 Å². The van der Waals surface area contributed by atoms with Crippen molar-refractivity contribution < 1.29 is 10.1 Å². The van der Waals surface area contributed by atoms with Crippen LogP contribution in [0.2, 0.25) is 5.02 Å². The van der Waals surface area contributed by atoms with Crippen molar-refractivity contribution in [2.75, 3.05) is 13.1 Å². The van der Waals surface area contributed by atoms with E-state index in [-0.39, 0.29) is 12.4 Å². The molecular formula is C16H14Cl2N2O2. The topological polar surface area (TPSA) is 45.1 Å². The maximum Gasteiger partial charge on any atom is 0.228 e. The molecule has 2 aromatic carbocycles. The Hall–Kier alpha value is -1.59. The SMILES string of the molecule is Cl.OOC1(c2ccc(Cl)cc2)c2ccccc2C2=NCCN21. The van der Waals surface area contributed by atoms with Crippen LogP contribution in [0.25, 0.3) is 0 Å². The van der Waals surface area contributed by atoms with E-state index in [4.69, 9.17) is 16.5 Å². The maximum atomic E-state index is 9.80. The summed E-state index contributed by atoms with van der Waals surface area (Å²) in [5.41, 5.74) is 1.68. The van der Waals surface area contributed by atoms with Crippen LogP contribution in [-0.4, -0.2) is 29.1 Å². The second-order valence-corrected chi connectivity index (χ2v) is 5.58. The van der Waals surface area contributed by atoms with E-state index in [0.717, 1.165) is 22.5 Å². The van der Waals surface area contributed by atoms with Gasteiger partial charge in [0, 0.05) is 28.3 Å². The number of hydrogen-bond acceptors (Lipinski definition) is 4. The molecule has 0 saturated heterocycles. The highest BCUT2D eigenvalue weighted by molar-refractivity contribution is 6.30. The molecule has 2 aromatic rings. The minimum absolute atomic E-state index is 0. The normalized spacial score (nSPS) is 21.9. The number of hydrogen-bond donors (Lipinski definition) is 1. The van der Waals surface area contributed by atoms with Crippen molar-refractivity contribution in [3.05, 3.63) is 70.2 Å². The highest BCUT2D eigenvalue weighted by atomic mass is 35.5. The maximum absolute atomic E-state index is 9.80. The molecule has 0 bridgehead atoms. The molecule has 2 aliphatic heterocycles. The molecule has 1 N–H and O–H groups in total. The van der Waals surface area contributed by atoms with Gasteiger partial charge in [0.05, 0.1) is 6.54 Å². The third kappa shape index (κ3) is 1.88. The number of aliphatic imine (C=N–C) groups is 1. The van der Waals surface area contributed by atoms with Crippen LogP contribution in [-0.2, 0) is 10.6 Å². The molecule has 0 aliphatic carbocycles. The standard InChI is InChI=1S/C16H13ClN2O2.ClH/c17-12-7-5-11(6-8-12)16(21-20)14-4-2-1-3-13(14)15-18-9-10-19(15)16;/h1-8,20H,9-10H2;1H. The minimum atomic E-state index is -1.05. The van der Waals surface area contributed by atoms with Crippen molar-refractivity contribution in [3.63, 3.8) is 0 Å². The van der Waals surface area contributed by atoms with Crippen molar-refractivity contribution >= 4 is 29.8 Å². The Morgan fingerprint density at radius 3 is 2.59 bits per heavy atom. The van der Waals surface area contributed by atoms with Crippen LogP contribution in [0.5, 0.6) is 0 Å². The first-order valence-electron chi connectivity index (χ1n) is 6.78. The Labute approximate surface area is 139 Å². The average Bonchev–Trinajstić information content (AvgIpc) is 3.09. The van der Waals surface area contributed by atoms with Crippen LogP contribution in [0.15, 0.2) is 53.5 Å². The number of fused-ring (bicyclic) bond motifs is 3. The highest BCUT2D eigenvalue weighted by Crippen LogP contribution is 2.46. The summed E-state index contributed by atoms with van der Waals surface area (Å²) in [6.45, 7) is 1.40. The van der Waals surface area contributed by atoms with Crippen LogP contribution in [0.1, 0.15) is 16.7 Å². The third-order valence-electron chi connectivity index (χ3n) is 4.12. The van der Waals surface area contributed by atoms with Crippen molar-refractivity contribution in [1.29, 1.82) is 0 Å². The fourth-order valence-corrected chi connectivity index (χ4v) is 3.37. The molecule has 1 unspecified atom stereocenters. The van der Waals surface area contributed by atoms with E-state index in [2.05, 4.69) is 4.99 Å². The fraction of sp³-hybridized carbons (Fsp3) is 0.188. The molecule has 0 amide bonds. The first-order chi connectivity index (χ1) is 10.3. The highest BCUT2D eigenvalue weighted by Gasteiger charge is 2.52. The molecular weight excluding hydrogens is 323 g/mol. The zero-order valence-corrected chi connectivity index (χ0v) is 13.1. The van der Waals surface area contributed by atoms with E-state index in [9.17, 15) is 5.26 Å². The zero-order valence-electron chi connectivity index (χ0n) is 11.6. The number of nitrogens with zero attached hydrogens (tertiary/aromatic N) is 2. The quantitative estimate of drug-likeness (QED) is 0.674. The first kappa shape index (κ1) is 15.3. The molecule has 2 aliphatic rings. The molecule has 1 atom stereocenters. The Morgan fingerprint density at radius 2 is 1.86 bits per heavy atom. The monoisotopic (exact) mass is 336 g/mol. The summed E-state index contributed by atoms with van der Waals surface area (Å²) in [6.07, 6.45) is 0. The molecule has 0 spiro atoms. The molecule has 114 valence electrons. The molecule has 2 heterocycles. The molecule has 6 heteroatoms. The Balaban J connectivity index is 0.00000144. The van der Waals surface area contributed by atoms with E-state index < -0.39 is 5.72 Å². The van der Waals surface area contributed by atoms with Crippen molar-refractivity contribution in [1.82, 2.24) is 4.90 Å². The van der Waals surface area contributed by atoms with Gasteiger partial charge < -0.3 is 4.90 Å². The molecule has 22 heavy (non-hydrogen) atoms. The summed E-state index contributed by atoms with van der Waals surface area (Å²) in [4.78, 5) is 11.6. The summed E-state index contributed by atoms with van der Waals surface area (Å²) < 4.78 is 0. The molecule has 0 fully saturated rings. The number of amidine groups is 1. The van der Waals surface area contributed by atoms with Crippen molar-refractivity contribution in [2.24, 2.45) is 4.99 Å². The second-order valence-electron chi connectivity index (χ2n) is 5.14. The summed E-state index contributed by atoms with van der Waals surface area (Å²) >= 11 is 5.98. The van der Waals surface area contributed by atoms with E-state index in [1.807, 2.05) is 41.3 Å². The van der Waals surface area contributed by atoms with Crippen LogP contribution in [0, 0.1) is 0 Å². The summed E-state index contributed by atoms with van der Waals surface area (Å²) in [7, 11) is 0. The van der Waals surface area contributed by atoms with E-state index in [1.165, 1.54) is 0 Å². The van der Waals surface area contributed by atoms with Crippen LogP contribution in [0.3, 0.4) is 0 Å². The smallest absolute Gasteiger partial charge is 0.228 e. The average molecular weight is 337 g/mol. The number of rotatable bonds is 2. The number of benzene rings is 2. The van der Waals surface area contributed by atoms with Gasteiger partial charge in [0.1, 0.15) is 5.84 Å². The van der Waals surface area contributed by atoms with Crippen LogP contribution >= 0.6 is 24.0 Å². The zero-order chi connectivity index (χ0) is 14.4. The summed E-state index contributed by atoms with van der Waals surface area (Å²) in [5, 5.41) is 10.5. The molecule has 0 saturated carbocycles. The predicted octanol–water partition coefficient (Wildman–Crippen LogP) is 3.53. The lowest BCUT2D eigenvalue weighted by Gasteiger charge is -2.35. The molecule has 4 rings (SSSR count). The first-order valence-corrected chi connectivity index (χ1v) is 7.16. The van der Waals surface area contributed by atoms with Crippen molar-refractivity contribution in [3.8, 4) is 0 Å². The Morgan fingerprint density at radius 1 is 1.14 bits per heavy atom. The van der Waals surface area contributed by atoms with Crippen LogP contribution < -0.4 is 0 Å². The van der Waals surface area contributed by atoms with Crippen molar-refractivity contribution in [2.45, 2.75) is 5.72 Å². The van der Waals surface area contributed by atoms with Crippen LogP contribution in [0.4, 0.5) is 0 Å². The lowest BCUT2D eigenvalue weighted by Crippen LogP contribution is -2.45. The lowest BCUT2D eigenvalue weighted by atomic mass is 9.93. The van der Waals surface area contributed by atoms with Gasteiger partial charge >= 0.3 is 0 Å². The van der Waals surface area contributed by atoms with E-state index in [0.29, 0.717) is 18.1 Å². The lowest BCUT2D eigenvalue weighted by molar-refractivity contribution is -0.344. The Kier molecular flexibility index (Phi) is 3.87. The fourth-order valence-electron chi connectivity index (χ4n) is 3.24. The van der Waals surface area contributed by atoms with Gasteiger partial charge in [-0.15, -0.1) is 12.4 Å². The summed E-state index contributed by atoms with van der Waals surface area (Å²) in [6, 6.07) is 15.2. The predicted molar refractivity (Wildman–Crippen MR) is 87.7 cm³/mol. The third-order valence-corrected chi connectivity index (χ3v) is 4.37. The number of halogens is 2. The summed E-state index contributed by atoms with van der Waals surface area (Å²) in [5.74, 6) is 0.870. The van der Waals surface area contributed by atoms with E-state index in [1.54, 1.807) is 12.1 Å². The Bertz CT molecular complexity index is 733. The van der Waals surface area contributed by atoms with Gasteiger partial charge in [-0.1, -0.05) is 48.0 Å². The minimum Gasteiger partial charge on any atom is -0.316 e. The van der Waals surface area contributed by atoms with Gasteiger partial charge in [0.15, 0.2) is 0 Å².